The fraction of sp³-hybridized carbons (Fsp3) is 0.550. The molecule has 0 aliphatic carbocycles. The van der Waals surface area contributed by atoms with E-state index < -0.39 is 5.97 Å². The second kappa shape index (κ2) is 16.8. The molecule has 0 N–H and O–H groups in total. The molecule has 0 aromatic heterocycles. The Morgan fingerprint density at radius 2 is 1.18 bits per heavy atom. The van der Waals surface area contributed by atoms with Gasteiger partial charge in [0.15, 0.2) is 0 Å². The van der Waals surface area contributed by atoms with Gasteiger partial charge in [-0.3, -0.25) is 0 Å². The van der Waals surface area contributed by atoms with E-state index in [1.807, 2.05) is 0 Å². The average Bonchev–Trinajstić information content (AvgIpc) is 2.50. The van der Waals surface area contributed by atoms with Gasteiger partial charge in [-0.2, -0.15) is 0 Å². The quantitative estimate of drug-likeness (QED) is 0.558. The lowest BCUT2D eigenvalue weighted by molar-refractivity contribution is -0.305. The Hall–Kier alpha value is -2.29. The lowest BCUT2D eigenvalue weighted by Crippen LogP contribution is -2.21. The molecule has 0 saturated heterocycles. The molecular formula is C20H23O2-. The first-order valence-electron chi connectivity index (χ1n) is 7.80. The SMILES string of the molecule is CCCCCC#CCC#CCC#CCC#CCCCC(=O)[O-]. The van der Waals surface area contributed by atoms with Crippen LogP contribution in [0.4, 0.5) is 0 Å². The summed E-state index contributed by atoms with van der Waals surface area (Å²) >= 11 is 0. The smallest absolute Gasteiger partial charge is 0.0703 e. The fourth-order valence-corrected chi connectivity index (χ4v) is 1.47. The zero-order valence-corrected chi connectivity index (χ0v) is 13.4. The van der Waals surface area contributed by atoms with Crippen molar-refractivity contribution in [1.82, 2.24) is 0 Å². The predicted molar refractivity (Wildman–Crippen MR) is 88.0 cm³/mol. The van der Waals surface area contributed by atoms with Crippen molar-refractivity contribution in [3.05, 3.63) is 0 Å². The van der Waals surface area contributed by atoms with E-state index in [0.29, 0.717) is 32.1 Å². The molecule has 0 amide bonds. The molecule has 0 aromatic rings. The predicted octanol–water partition coefficient (Wildman–Crippen LogP) is 2.67. The van der Waals surface area contributed by atoms with E-state index in [2.05, 4.69) is 54.3 Å². The Labute approximate surface area is 135 Å². The van der Waals surface area contributed by atoms with Crippen LogP contribution in [0.5, 0.6) is 0 Å². The molecule has 0 radical (unpaired) electrons. The summed E-state index contributed by atoms with van der Waals surface area (Å²) < 4.78 is 0. The van der Waals surface area contributed by atoms with Crippen molar-refractivity contribution in [3.63, 3.8) is 0 Å². The van der Waals surface area contributed by atoms with Crippen LogP contribution in [0.15, 0.2) is 0 Å². The molecule has 2 heteroatoms. The lowest BCUT2D eigenvalue weighted by Gasteiger charge is -1.95. The highest BCUT2D eigenvalue weighted by molar-refractivity contribution is 5.64. The zero-order valence-electron chi connectivity index (χ0n) is 13.4. The summed E-state index contributed by atoms with van der Waals surface area (Å²) in [7, 11) is 0. The highest BCUT2D eigenvalue weighted by atomic mass is 16.4. The maximum absolute atomic E-state index is 10.2. The van der Waals surface area contributed by atoms with Gasteiger partial charge in [-0.25, -0.2) is 0 Å². The van der Waals surface area contributed by atoms with Crippen molar-refractivity contribution >= 4 is 5.97 Å². The molecule has 0 bridgehead atoms. The maximum Gasteiger partial charge on any atom is 0.0703 e. The van der Waals surface area contributed by atoms with Gasteiger partial charge in [0.25, 0.3) is 0 Å². The standard InChI is InChI=1S/C20H24O2/c1-2-3-4-5-6-7-8-9-10-11-12-13-14-15-16-17-18-19-20(21)22/h2-5,8,11,14,17-19H2,1H3,(H,21,22)/p-1. The normalized spacial score (nSPS) is 8.05. The van der Waals surface area contributed by atoms with Crippen LogP contribution in [-0.4, -0.2) is 5.97 Å². The minimum absolute atomic E-state index is 0.0669. The number of hydrogen-bond donors (Lipinski definition) is 0. The van der Waals surface area contributed by atoms with Crippen LogP contribution in [-0.2, 0) is 4.79 Å². The van der Waals surface area contributed by atoms with Gasteiger partial charge in [0, 0.05) is 18.8 Å². The number of carbonyl (C=O) groups is 1. The number of carboxylic acid groups (broad SMARTS) is 1. The molecule has 0 rings (SSSR count). The van der Waals surface area contributed by atoms with Crippen LogP contribution in [0.25, 0.3) is 0 Å². The van der Waals surface area contributed by atoms with Crippen LogP contribution in [0.3, 0.4) is 0 Å². The second-order valence-corrected chi connectivity index (χ2v) is 4.63. The molecule has 2 nitrogen and oxygen atoms in total. The highest BCUT2D eigenvalue weighted by Gasteiger charge is 1.83. The van der Waals surface area contributed by atoms with Gasteiger partial charge in [0.1, 0.15) is 0 Å². The van der Waals surface area contributed by atoms with E-state index in [-0.39, 0.29) is 6.42 Å². The van der Waals surface area contributed by atoms with E-state index in [1.54, 1.807) is 0 Å². The number of unbranched alkanes of at least 4 members (excludes halogenated alkanes) is 4. The minimum atomic E-state index is -1.02. The number of hydrogen-bond acceptors (Lipinski definition) is 2. The van der Waals surface area contributed by atoms with Gasteiger partial charge >= 0.3 is 0 Å². The van der Waals surface area contributed by atoms with Crippen LogP contribution in [0.1, 0.15) is 71.1 Å². The molecule has 0 aromatic carbocycles. The van der Waals surface area contributed by atoms with E-state index in [0.717, 1.165) is 6.42 Å². The molecule has 0 saturated carbocycles. The van der Waals surface area contributed by atoms with Crippen LogP contribution in [0, 0.1) is 47.4 Å². The number of aliphatic carboxylic acids is 1. The summed E-state index contributed by atoms with van der Waals surface area (Å²) in [5, 5.41) is 10.2. The molecule has 0 spiro atoms. The first kappa shape index (κ1) is 19.7. The van der Waals surface area contributed by atoms with Gasteiger partial charge < -0.3 is 9.90 Å². The highest BCUT2D eigenvalue weighted by Crippen LogP contribution is 1.96. The first-order chi connectivity index (χ1) is 10.8. The number of carboxylic acids is 1. The Morgan fingerprint density at radius 1 is 0.727 bits per heavy atom. The van der Waals surface area contributed by atoms with Crippen molar-refractivity contribution in [2.45, 2.75) is 71.1 Å². The Morgan fingerprint density at radius 3 is 1.64 bits per heavy atom. The van der Waals surface area contributed by atoms with Crippen molar-refractivity contribution in [1.29, 1.82) is 0 Å². The minimum Gasteiger partial charge on any atom is -0.550 e. The topological polar surface area (TPSA) is 40.1 Å². The summed E-state index contributed by atoms with van der Waals surface area (Å²) in [6.45, 7) is 2.18. The maximum atomic E-state index is 10.2. The van der Waals surface area contributed by atoms with Gasteiger partial charge in [-0.05, 0) is 19.3 Å². The van der Waals surface area contributed by atoms with E-state index in [1.165, 1.54) is 19.3 Å². The molecule has 0 heterocycles. The molecule has 0 fully saturated rings. The number of carbonyl (C=O) groups excluding carboxylic acids is 1. The first-order valence-corrected chi connectivity index (χ1v) is 7.80. The molecule has 0 atom stereocenters. The molecular weight excluding hydrogens is 272 g/mol. The number of rotatable bonds is 6. The van der Waals surface area contributed by atoms with Gasteiger partial charge in [-0.1, -0.05) is 55.3 Å². The lowest BCUT2D eigenvalue weighted by atomic mass is 10.2. The summed E-state index contributed by atoms with van der Waals surface area (Å²) in [6.07, 6.45) is 7.46. The van der Waals surface area contributed by atoms with Gasteiger partial charge in [-0.15, -0.1) is 11.8 Å². The third kappa shape index (κ3) is 17.7. The monoisotopic (exact) mass is 295 g/mol. The van der Waals surface area contributed by atoms with Crippen molar-refractivity contribution in [2.24, 2.45) is 0 Å². The fourth-order valence-electron chi connectivity index (χ4n) is 1.47. The average molecular weight is 295 g/mol. The van der Waals surface area contributed by atoms with Gasteiger partial charge in [0.2, 0.25) is 0 Å². The molecule has 0 aliphatic rings. The summed E-state index contributed by atoms with van der Waals surface area (Å²) in [6, 6.07) is 0. The second-order valence-electron chi connectivity index (χ2n) is 4.63. The Kier molecular flexibility index (Phi) is 15.0. The van der Waals surface area contributed by atoms with E-state index in [9.17, 15) is 9.90 Å². The van der Waals surface area contributed by atoms with Crippen LogP contribution < -0.4 is 5.11 Å². The van der Waals surface area contributed by atoms with Crippen molar-refractivity contribution in [2.75, 3.05) is 0 Å². The largest absolute Gasteiger partial charge is 0.550 e. The van der Waals surface area contributed by atoms with E-state index >= 15 is 0 Å². The Bertz CT molecular complexity index is 541. The summed E-state index contributed by atoms with van der Waals surface area (Å²) in [4.78, 5) is 10.2. The summed E-state index contributed by atoms with van der Waals surface area (Å²) in [5.74, 6) is 22.7. The van der Waals surface area contributed by atoms with Crippen LogP contribution >= 0.6 is 0 Å². The summed E-state index contributed by atoms with van der Waals surface area (Å²) in [5.41, 5.74) is 0. The van der Waals surface area contributed by atoms with Gasteiger partial charge in [0.05, 0.1) is 19.3 Å². The van der Waals surface area contributed by atoms with Crippen molar-refractivity contribution < 1.29 is 9.90 Å². The van der Waals surface area contributed by atoms with E-state index in [4.69, 9.17) is 0 Å². The third-order valence-electron chi connectivity index (χ3n) is 2.62. The molecule has 116 valence electrons. The molecule has 22 heavy (non-hydrogen) atoms. The Balaban J connectivity index is 3.58. The molecule has 0 unspecified atom stereocenters. The van der Waals surface area contributed by atoms with Crippen molar-refractivity contribution in [3.8, 4) is 47.4 Å². The molecule has 0 aliphatic heterocycles. The third-order valence-corrected chi connectivity index (χ3v) is 2.62. The van der Waals surface area contributed by atoms with Crippen LogP contribution in [0.2, 0.25) is 0 Å². The zero-order chi connectivity index (χ0) is 16.3.